The molecule has 1 N–H and O–H groups in total. The molecule has 4 aromatic carbocycles. The molecule has 0 radical (unpaired) electrons. The topological polar surface area (TPSA) is 97.3 Å². The minimum atomic E-state index is -4.03. The number of halogens is 1. The zero-order chi connectivity index (χ0) is 28.4. The maximum absolute atomic E-state index is 13.4. The Morgan fingerprint density at radius 1 is 0.875 bits per heavy atom. The van der Waals surface area contributed by atoms with Gasteiger partial charge in [-0.15, -0.1) is 0 Å². The molecule has 10 heteroatoms. The largest absolute Gasteiger partial charge is 0.494 e. The number of sulfonamides is 1. The minimum Gasteiger partial charge on any atom is -0.494 e. The molecule has 4 aromatic rings. The number of anilines is 1. The second kappa shape index (κ2) is 13.6. The van der Waals surface area contributed by atoms with Crippen LogP contribution in [-0.4, -0.2) is 33.7 Å². The van der Waals surface area contributed by atoms with Crippen LogP contribution in [0.3, 0.4) is 0 Å². The van der Waals surface area contributed by atoms with Crippen molar-refractivity contribution in [2.45, 2.75) is 18.4 Å². The van der Waals surface area contributed by atoms with Crippen LogP contribution in [0.25, 0.3) is 0 Å². The molecule has 8 nitrogen and oxygen atoms in total. The van der Waals surface area contributed by atoms with Gasteiger partial charge in [-0.1, -0.05) is 48.0 Å². The van der Waals surface area contributed by atoms with Gasteiger partial charge in [0.05, 0.1) is 23.4 Å². The van der Waals surface area contributed by atoms with Gasteiger partial charge in [0.2, 0.25) is 0 Å². The molecule has 0 bridgehead atoms. The molecule has 0 saturated carbocycles. The smallest absolute Gasteiger partial charge is 0.264 e. The van der Waals surface area contributed by atoms with Gasteiger partial charge in [0.1, 0.15) is 24.7 Å². The first-order valence-electron chi connectivity index (χ1n) is 12.5. The molecule has 0 unspecified atom stereocenters. The Kier molecular flexibility index (Phi) is 9.77. The second-order valence-electron chi connectivity index (χ2n) is 8.49. The second-order valence-corrected chi connectivity index (χ2v) is 10.8. The number of carbonyl (C=O) groups is 1. The Hall–Kier alpha value is -4.34. The van der Waals surface area contributed by atoms with Crippen LogP contribution >= 0.6 is 11.6 Å². The van der Waals surface area contributed by atoms with Crippen LogP contribution in [0, 0.1) is 0 Å². The van der Waals surface area contributed by atoms with Crippen molar-refractivity contribution in [3.8, 4) is 11.5 Å². The molecule has 0 aliphatic carbocycles. The number of nitrogens with zero attached hydrogens (tertiary/aromatic N) is 2. The first-order chi connectivity index (χ1) is 19.4. The van der Waals surface area contributed by atoms with E-state index in [9.17, 15) is 13.2 Å². The number of hydrogen-bond acceptors (Lipinski definition) is 6. The Labute approximate surface area is 238 Å². The summed E-state index contributed by atoms with van der Waals surface area (Å²) in [4.78, 5) is 12.8. The van der Waals surface area contributed by atoms with Crippen LogP contribution in [0.4, 0.5) is 5.69 Å². The highest BCUT2D eigenvalue weighted by atomic mass is 35.5. The minimum absolute atomic E-state index is 0.0667. The van der Waals surface area contributed by atoms with Crippen LogP contribution in [0.15, 0.2) is 113 Å². The molecule has 0 spiro atoms. The number of rotatable bonds is 12. The van der Waals surface area contributed by atoms with E-state index in [1.807, 2.05) is 31.2 Å². The quantitative estimate of drug-likeness (QED) is 0.173. The van der Waals surface area contributed by atoms with E-state index in [0.29, 0.717) is 41.0 Å². The number of nitrogens with one attached hydrogen (secondary N) is 1. The molecular weight excluding hydrogens is 550 g/mol. The highest BCUT2D eigenvalue weighted by Crippen LogP contribution is 2.26. The summed E-state index contributed by atoms with van der Waals surface area (Å²) >= 11 is 6.17. The molecule has 0 aromatic heterocycles. The van der Waals surface area contributed by atoms with Gasteiger partial charge in [0, 0.05) is 10.6 Å². The first-order valence-corrected chi connectivity index (χ1v) is 14.3. The fourth-order valence-corrected chi connectivity index (χ4v) is 5.31. The molecule has 0 fully saturated rings. The van der Waals surface area contributed by atoms with Gasteiger partial charge in [-0.25, -0.2) is 13.8 Å². The van der Waals surface area contributed by atoms with Crippen LogP contribution < -0.4 is 19.2 Å². The maximum atomic E-state index is 13.4. The van der Waals surface area contributed by atoms with Crippen molar-refractivity contribution in [1.29, 1.82) is 0 Å². The summed E-state index contributed by atoms with van der Waals surface area (Å²) in [5, 5.41) is 4.63. The van der Waals surface area contributed by atoms with E-state index in [1.54, 1.807) is 66.7 Å². The van der Waals surface area contributed by atoms with Gasteiger partial charge < -0.3 is 9.47 Å². The van der Waals surface area contributed by atoms with Crippen molar-refractivity contribution < 1.29 is 22.7 Å². The Morgan fingerprint density at radius 3 is 2.17 bits per heavy atom. The standard InChI is InChI=1S/C30H28ClN3O5S/c1-2-38-26-18-14-25(15-19-26)34(40(36,37)28-9-4-3-5-10-28)21-30(35)33-32-20-23-12-16-27(17-13-23)39-22-24-8-6-7-11-29(24)31/h3-20H,2,21-22H2,1H3,(H,33,35)/b32-20-. The molecule has 1 amide bonds. The average Bonchev–Trinajstić information content (AvgIpc) is 2.97. The van der Waals surface area contributed by atoms with Gasteiger partial charge in [-0.3, -0.25) is 9.10 Å². The predicted octanol–water partition coefficient (Wildman–Crippen LogP) is 5.66. The van der Waals surface area contributed by atoms with Gasteiger partial charge >= 0.3 is 0 Å². The van der Waals surface area contributed by atoms with Crippen molar-refractivity contribution >= 4 is 39.4 Å². The summed E-state index contributed by atoms with van der Waals surface area (Å²) in [5.41, 5.74) is 4.32. The van der Waals surface area contributed by atoms with Crippen LogP contribution in [0.2, 0.25) is 5.02 Å². The fraction of sp³-hybridized carbons (Fsp3) is 0.133. The van der Waals surface area contributed by atoms with E-state index in [2.05, 4.69) is 10.5 Å². The van der Waals surface area contributed by atoms with Crippen molar-refractivity contribution in [1.82, 2.24) is 5.43 Å². The molecule has 0 atom stereocenters. The SMILES string of the molecule is CCOc1ccc(N(CC(=O)N/N=C\c2ccc(OCc3ccccc3Cl)cc2)S(=O)(=O)c2ccccc2)cc1. The van der Waals surface area contributed by atoms with Gasteiger partial charge in [-0.2, -0.15) is 5.10 Å². The normalized spacial score (nSPS) is 11.2. The zero-order valence-electron chi connectivity index (χ0n) is 21.7. The number of hydrazone groups is 1. The van der Waals surface area contributed by atoms with E-state index in [4.69, 9.17) is 21.1 Å². The van der Waals surface area contributed by atoms with E-state index in [-0.39, 0.29) is 4.90 Å². The highest BCUT2D eigenvalue weighted by Gasteiger charge is 2.27. The summed E-state index contributed by atoms with van der Waals surface area (Å²) < 4.78 is 39.1. The summed E-state index contributed by atoms with van der Waals surface area (Å²) in [6.45, 7) is 2.19. The highest BCUT2D eigenvalue weighted by molar-refractivity contribution is 7.92. The van der Waals surface area contributed by atoms with E-state index >= 15 is 0 Å². The monoisotopic (exact) mass is 577 g/mol. The summed E-state index contributed by atoms with van der Waals surface area (Å²) in [6.07, 6.45) is 1.46. The van der Waals surface area contributed by atoms with Crippen LogP contribution in [-0.2, 0) is 21.4 Å². The fourth-order valence-electron chi connectivity index (χ4n) is 3.68. The summed E-state index contributed by atoms with van der Waals surface area (Å²) in [6, 6.07) is 29.0. The number of benzene rings is 4. The van der Waals surface area contributed by atoms with Gasteiger partial charge in [0.25, 0.3) is 15.9 Å². The number of hydrogen-bond donors (Lipinski definition) is 1. The Bertz CT molecular complexity index is 1540. The third-order valence-corrected chi connectivity index (χ3v) is 7.85. The molecule has 0 saturated heterocycles. The lowest BCUT2D eigenvalue weighted by Crippen LogP contribution is -2.39. The van der Waals surface area contributed by atoms with Crippen molar-refractivity contribution in [3.05, 3.63) is 119 Å². The van der Waals surface area contributed by atoms with Gasteiger partial charge in [0.15, 0.2) is 0 Å². The lowest BCUT2D eigenvalue weighted by molar-refractivity contribution is -0.119. The molecule has 40 heavy (non-hydrogen) atoms. The van der Waals surface area contributed by atoms with E-state index in [0.717, 1.165) is 9.87 Å². The van der Waals surface area contributed by atoms with Crippen LogP contribution in [0.5, 0.6) is 11.5 Å². The summed E-state index contributed by atoms with van der Waals surface area (Å²) in [5.74, 6) is 0.639. The van der Waals surface area contributed by atoms with E-state index in [1.165, 1.54) is 18.3 Å². The first kappa shape index (κ1) is 28.7. The molecule has 4 rings (SSSR count). The van der Waals surface area contributed by atoms with Gasteiger partial charge in [-0.05, 0) is 79.2 Å². The van der Waals surface area contributed by atoms with E-state index < -0.39 is 22.5 Å². The Morgan fingerprint density at radius 2 is 1.50 bits per heavy atom. The number of ether oxygens (including phenoxy) is 2. The molecule has 0 aliphatic heterocycles. The number of amides is 1. The maximum Gasteiger partial charge on any atom is 0.264 e. The predicted molar refractivity (Wildman–Crippen MR) is 157 cm³/mol. The lowest BCUT2D eigenvalue weighted by atomic mass is 10.2. The van der Waals surface area contributed by atoms with Crippen molar-refractivity contribution in [2.75, 3.05) is 17.5 Å². The number of carbonyl (C=O) groups excluding carboxylic acids is 1. The van der Waals surface area contributed by atoms with Crippen molar-refractivity contribution in [2.24, 2.45) is 5.10 Å². The molecule has 0 aliphatic rings. The summed E-state index contributed by atoms with van der Waals surface area (Å²) in [7, 11) is -4.03. The third-order valence-electron chi connectivity index (χ3n) is 5.69. The molecule has 0 heterocycles. The molecule has 206 valence electrons. The third kappa shape index (κ3) is 7.62. The van der Waals surface area contributed by atoms with Crippen LogP contribution in [0.1, 0.15) is 18.1 Å². The lowest BCUT2D eigenvalue weighted by Gasteiger charge is -2.24. The average molecular weight is 578 g/mol. The zero-order valence-corrected chi connectivity index (χ0v) is 23.3. The Balaban J connectivity index is 1.41. The molecular formula is C30H28ClN3O5S. The van der Waals surface area contributed by atoms with Crippen molar-refractivity contribution in [3.63, 3.8) is 0 Å².